The molecule has 1 aliphatic carbocycles. The molecule has 0 N–H and O–H groups in total. The molecule has 1 aromatic carbocycles. The number of rotatable bonds is 6. The summed E-state index contributed by atoms with van der Waals surface area (Å²) in [5, 5.41) is 0. The molecule has 1 heterocycles. The van der Waals surface area contributed by atoms with E-state index in [2.05, 4.69) is 4.74 Å². The van der Waals surface area contributed by atoms with Gasteiger partial charge in [-0.05, 0) is 57.4 Å². The minimum Gasteiger partial charge on any atom is -0.465 e. The standard InChI is InChI=1S/C21H26N2O5/c1-5-21(2,3)23(18(25)13-6-7-13)16-12-17(24)22(19(16)26)15-10-8-14(9-11-15)20(27)28-4/h8-11,13,16H,5-7,12H2,1-4H3. The van der Waals surface area contributed by atoms with E-state index in [9.17, 15) is 19.2 Å². The maximum atomic E-state index is 13.2. The third kappa shape index (κ3) is 3.53. The van der Waals surface area contributed by atoms with Crippen LogP contribution < -0.4 is 4.90 Å². The van der Waals surface area contributed by atoms with Gasteiger partial charge in [-0.15, -0.1) is 0 Å². The highest BCUT2D eigenvalue weighted by Crippen LogP contribution is 2.38. The lowest BCUT2D eigenvalue weighted by Gasteiger charge is -2.41. The molecular formula is C21H26N2O5. The number of esters is 1. The van der Waals surface area contributed by atoms with Gasteiger partial charge in [0.2, 0.25) is 11.8 Å². The topological polar surface area (TPSA) is 84.0 Å². The van der Waals surface area contributed by atoms with E-state index in [1.807, 2.05) is 20.8 Å². The van der Waals surface area contributed by atoms with Gasteiger partial charge in [-0.2, -0.15) is 0 Å². The van der Waals surface area contributed by atoms with Crippen LogP contribution >= 0.6 is 0 Å². The largest absolute Gasteiger partial charge is 0.465 e. The molecule has 0 radical (unpaired) electrons. The van der Waals surface area contributed by atoms with E-state index >= 15 is 0 Å². The molecule has 7 heteroatoms. The van der Waals surface area contributed by atoms with Gasteiger partial charge in [0.05, 0.1) is 24.8 Å². The number of nitrogens with zero attached hydrogens (tertiary/aromatic N) is 2. The molecular weight excluding hydrogens is 360 g/mol. The first-order valence-electron chi connectivity index (χ1n) is 9.59. The molecule has 28 heavy (non-hydrogen) atoms. The second-order valence-electron chi connectivity index (χ2n) is 7.97. The van der Waals surface area contributed by atoms with Gasteiger partial charge in [-0.3, -0.25) is 14.4 Å². The Balaban J connectivity index is 1.89. The molecule has 7 nitrogen and oxygen atoms in total. The number of ether oxygens (including phenoxy) is 1. The van der Waals surface area contributed by atoms with Gasteiger partial charge in [-0.25, -0.2) is 9.69 Å². The predicted molar refractivity (Wildman–Crippen MR) is 103 cm³/mol. The van der Waals surface area contributed by atoms with E-state index in [-0.39, 0.29) is 24.2 Å². The summed E-state index contributed by atoms with van der Waals surface area (Å²) in [7, 11) is 1.29. The number of hydrogen-bond donors (Lipinski definition) is 0. The molecule has 2 fully saturated rings. The van der Waals surface area contributed by atoms with Crippen molar-refractivity contribution < 1.29 is 23.9 Å². The van der Waals surface area contributed by atoms with Crippen molar-refractivity contribution in [2.24, 2.45) is 5.92 Å². The van der Waals surface area contributed by atoms with Gasteiger partial charge in [0.1, 0.15) is 6.04 Å². The molecule has 1 aliphatic heterocycles. The molecule has 1 aromatic rings. The Morgan fingerprint density at radius 2 is 1.79 bits per heavy atom. The number of carbonyl (C=O) groups excluding carboxylic acids is 4. The van der Waals surface area contributed by atoms with Crippen molar-refractivity contribution in [1.82, 2.24) is 4.90 Å². The van der Waals surface area contributed by atoms with Gasteiger partial charge in [0, 0.05) is 11.5 Å². The van der Waals surface area contributed by atoms with E-state index in [0.29, 0.717) is 17.7 Å². The first-order chi connectivity index (χ1) is 13.2. The molecule has 3 amide bonds. The highest BCUT2D eigenvalue weighted by molar-refractivity contribution is 6.23. The third-order valence-electron chi connectivity index (χ3n) is 5.66. The number of methoxy groups -OCH3 is 1. The summed E-state index contributed by atoms with van der Waals surface area (Å²) in [5.74, 6) is -1.31. The van der Waals surface area contributed by atoms with Crippen LogP contribution in [0.25, 0.3) is 0 Å². The Labute approximate surface area is 164 Å². The van der Waals surface area contributed by atoms with Crippen molar-refractivity contribution in [3.63, 3.8) is 0 Å². The summed E-state index contributed by atoms with van der Waals surface area (Å²) in [6.07, 6.45) is 2.32. The predicted octanol–water partition coefficient (Wildman–Crippen LogP) is 2.53. The first kappa shape index (κ1) is 20.0. The fourth-order valence-electron chi connectivity index (χ4n) is 3.52. The Kier molecular flexibility index (Phi) is 5.28. The Morgan fingerprint density at radius 1 is 1.18 bits per heavy atom. The summed E-state index contributed by atoms with van der Waals surface area (Å²) in [6, 6.07) is 5.32. The minimum atomic E-state index is -0.796. The minimum absolute atomic E-state index is 0.0283. The molecule has 0 aromatic heterocycles. The Bertz CT molecular complexity index is 811. The van der Waals surface area contributed by atoms with Gasteiger partial charge in [0.15, 0.2) is 0 Å². The fourth-order valence-corrected chi connectivity index (χ4v) is 3.52. The fraction of sp³-hybridized carbons (Fsp3) is 0.524. The number of amides is 3. The summed E-state index contributed by atoms with van der Waals surface area (Å²) < 4.78 is 4.67. The van der Waals surface area contributed by atoms with Crippen LogP contribution in [-0.2, 0) is 19.1 Å². The lowest BCUT2D eigenvalue weighted by molar-refractivity contribution is -0.146. The van der Waals surface area contributed by atoms with Crippen molar-refractivity contribution in [3.8, 4) is 0 Å². The number of hydrogen-bond acceptors (Lipinski definition) is 5. The van der Waals surface area contributed by atoms with Crippen LogP contribution in [0.1, 0.15) is 56.8 Å². The quantitative estimate of drug-likeness (QED) is 0.554. The number of benzene rings is 1. The van der Waals surface area contributed by atoms with E-state index in [1.54, 1.807) is 17.0 Å². The number of carbonyl (C=O) groups is 4. The summed E-state index contributed by atoms with van der Waals surface area (Å²) in [5.41, 5.74) is 0.197. The van der Waals surface area contributed by atoms with Crippen molar-refractivity contribution in [1.29, 1.82) is 0 Å². The van der Waals surface area contributed by atoms with Crippen molar-refractivity contribution in [2.45, 2.75) is 58.0 Å². The molecule has 1 atom stereocenters. The van der Waals surface area contributed by atoms with Crippen molar-refractivity contribution in [2.75, 3.05) is 12.0 Å². The normalized spacial score (nSPS) is 19.7. The molecule has 1 saturated heterocycles. The van der Waals surface area contributed by atoms with Crippen LogP contribution in [0.3, 0.4) is 0 Å². The van der Waals surface area contributed by atoms with Gasteiger partial charge < -0.3 is 9.64 Å². The zero-order valence-corrected chi connectivity index (χ0v) is 16.7. The lowest BCUT2D eigenvalue weighted by Crippen LogP contribution is -2.56. The van der Waals surface area contributed by atoms with Crippen LogP contribution in [0.5, 0.6) is 0 Å². The smallest absolute Gasteiger partial charge is 0.337 e. The van der Waals surface area contributed by atoms with Crippen LogP contribution in [0.2, 0.25) is 0 Å². The monoisotopic (exact) mass is 386 g/mol. The average Bonchev–Trinajstić information content (AvgIpc) is 3.48. The average molecular weight is 386 g/mol. The van der Waals surface area contributed by atoms with Gasteiger partial charge in [-0.1, -0.05) is 6.92 Å². The molecule has 150 valence electrons. The second-order valence-corrected chi connectivity index (χ2v) is 7.97. The Morgan fingerprint density at radius 3 is 2.29 bits per heavy atom. The van der Waals surface area contributed by atoms with Crippen LogP contribution in [0.4, 0.5) is 5.69 Å². The molecule has 0 spiro atoms. The van der Waals surface area contributed by atoms with Crippen molar-refractivity contribution in [3.05, 3.63) is 29.8 Å². The van der Waals surface area contributed by atoms with E-state index in [0.717, 1.165) is 17.7 Å². The van der Waals surface area contributed by atoms with Gasteiger partial charge in [0.25, 0.3) is 5.91 Å². The van der Waals surface area contributed by atoms with Crippen LogP contribution in [0, 0.1) is 5.92 Å². The van der Waals surface area contributed by atoms with Crippen LogP contribution in [0.15, 0.2) is 24.3 Å². The molecule has 3 rings (SSSR count). The first-order valence-corrected chi connectivity index (χ1v) is 9.59. The number of imide groups is 1. The van der Waals surface area contributed by atoms with Crippen molar-refractivity contribution >= 4 is 29.4 Å². The third-order valence-corrected chi connectivity index (χ3v) is 5.66. The highest BCUT2D eigenvalue weighted by Gasteiger charge is 2.50. The van der Waals surface area contributed by atoms with E-state index in [4.69, 9.17) is 0 Å². The Hall–Kier alpha value is -2.70. The van der Waals surface area contributed by atoms with E-state index < -0.39 is 23.5 Å². The van der Waals surface area contributed by atoms with Gasteiger partial charge >= 0.3 is 5.97 Å². The second kappa shape index (κ2) is 7.37. The maximum absolute atomic E-state index is 13.2. The highest BCUT2D eigenvalue weighted by atomic mass is 16.5. The molecule has 2 aliphatic rings. The number of anilines is 1. The SMILES string of the molecule is CCC(C)(C)N(C(=O)C1CC1)C1CC(=O)N(c2ccc(C(=O)OC)cc2)C1=O. The summed E-state index contributed by atoms with van der Waals surface area (Å²) in [6.45, 7) is 5.83. The van der Waals surface area contributed by atoms with E-state index in [1.165, 1.54) is 19.2 Å². The zero-order valence-electron chi connectivity index (χ0n) is 16.7. The van der Waals surface area contributed by atoms with Crippen LogP contribution in [-0.4, -0.2) is 47.3 Å². The summed E-state index contributed by atoms with van der Waals surface area (Å²) in [4.78, 5) is 53.1. The summed E-state index contributed by atoms with van der Waals surface area (Å²) >= 11 is 0. The lowest BCUT2D eigenvalue weighted by atomic mass is 9.95. The maximum Gasteiger partial charge on any atom is 0.337 e. The zero-order chi connectivity index (χ0) is 20.6. The molecule has 1 unspecified atom stereocenters. The molecule has 1 saturated carbocycles. The molecule has 0 bridgehead atoms.